The van der Waals surface area contributed by atoms with E-state index in [4.69, 9.17) is 37.0 Å². The Morgan fingerprint density at radius 1 is 0.298 bits per heavy atom. The average Bonchev–Trinajstić information content (AvgIpc) is 1.59. The van der Waals surface area contributed by atoms with Gasteiger partial charge in [0, 0.05) is 25.7 Å². The number of unbranched alkanes of at least 4 members (excludes halogenated alkanes) is 35. The first-order valence-corrected chi connectivity index (χ1v) is 41.8. The van der Waals surface area contributed by atoms with Crippen molar-refractivity contribution in [2.75, 3.05) is 39.6 Å². The third kappa shape index (κ3) is 64.7. The Kier molecular flexibility index (Phi) is 63.1. The van der Waals surface area contributed by atoms with Gasteiger partial charge in [0.05, 0.1) is 26.4 Å². The van der Waals surface area contributed by atoms with Crippen molar-refractivity contribution in [3.05, 3.63) is 0 Å². The number of phosphoric ester groups is 2. The Balaban J connectivity index is 5.18. The van der Waals surface area contributed by atoms with Crippen molar-refractivity contribution < 1.29 is 80.2 Å². The molecule has 17 nitrogen and oxygen atoms in total. The number of phosphoric acid groups is 2. The van der Waals surface area contributed by atoms with Crippen molar-refractivity contribution in [3.63, 3.8) is 0 Å². The van der Waals surface area contributed by atoms with E-state index >= 15 is 0 Å². The zero-order chi connectivity index (χ0) is 69.6. The molecule has 8 atom stereocenters. The minimum Gasteiger partial charge on any atom is -0.462 e. The average molecular weight is 1380 g/mol. The van der Waals surface area contributed by atoms with Gasteiger partial charge in [-0.15, -0.1) is 0 Å². The molecular formula is C75H146O17P2. The normalized spacial score (nSPS) is 15.0. The van der Waals surface area contributed by atoms with Gasteiger partial charge in [-0.05, 0) is 49.4 Å². The minimum atomic E-state index is -4.96. The van der Waals surface area contributed by atoms with Crippen molar-refractivity contribution >= 4 is 39.5 Å². The summed E-state index contributed by atoms with van der Waals surface area (Å²) in [7, 11) is -9.91. The molecule has 0 amide bonds. The highest BCUT2D eigenvalue weighted by molar-refractivity contribution is 7.47. The first-order chi connectivity index (χ1) is 45.2. The largest absolute Gasteiger partial charge is 0.472 e. The Hall–Kier alpha value is -1.94. The lowest BCUT2D eigenvalue weighted by Crippen LogP contribution is -2.30. The number of rotatable bonds is 72. The fourth-order valence-corrected chi connectivity index (χ4v) is 12.9. The Bertz CT molecular complexity index is 1860. The lowest BCUT2D eigenvalue weighted by molar-refractivity contribution is -0.161. The number of aliphatic hydroxyl groups excluding tert-OH is 1. The van der Waals surface area contributed by atoms with E-state index in [1.807, 2.05) is 0 Å². The zero-order valence-corrected chi connectivity index (χ0v) is 63.4. The number of carbonyl (C=O) groups excluding carboxylic acids is 4. The molecule has 0 rings (SSSR count). The maximum atomic E-state index is 13.1. The molecule has 3 N–H and O–H groups in total. The van der Waals surface area contributed by atoms with Crippen LogP contribution in [0.4, 0.5) is 0 Å². The van der Waals surface area contributed by atoms with E-state index in [1.54, 1.807) is 0 Å². The fourth-order valence-electron chi connectivity index (χ4n) is 11.3. The van der Waals surface area contributed by atoms with Crippen LogP contribution in [0.5, 0.6) is 0 Å². The van der Waals surface area contributed by atoms with Gasteiger partial charge in [0.2, 0.25) is 0 Å². The first-order valence-electron chi connectivity index (χ1n) is 38.8. The van der Waals surface area contributed by atoms with Gasteiger partial charge in [-0.1, -0.05) is 325 Å². The SMILES string of the molecule is CCC(C)CCCCCCCCCCCCCCCCCCCCC(=O)O[C@H](COC(=O)CCCCCCCCCCC(C)CC)COP(=O)(O)OC[C@@H](O)COP(=O)(O)OC[C@@H](COC(=O)CCCCCCCCC(C)CC)OC(=O)CCCCCCCCCC(C)C. The van der Waals surface area contributed by atoms with E-state index < -0.39 is 97.5 Å². The Morgan fingerprint density at radius 3 is 0.755 bits per heavy atom. The molecule has 0 aromatic rings. The maximum Gasteiger partial charge on any atom is 0.472 e. The van der Waals surface area contributed by atoms with Crippen molar-refractivity contribution in [2.24, 2.45) is 23.7 Å². The second-order valence-electron chi connectivity index (χ2n) is 28.2. The van der Waals surface area contributed by atoms with Crippen molar-refractivity contribution in [1.82, 2.24) is 0 Å². The smallest absolute Gasteiger partial charge is 0.462 e. The van der Waals surface area contributed by atoms with Crippen LogP contribution in [0.2, 0.25) is 0 Å². The van der Waals surface area contributed by atoms with Gasteiger partial charge < -0.3 is 33.8 Å². The molecule has 0 aliphatic carbocycles. The molecule has 0 aromatic heterocycles. The second kappa shape index (κ2) is 64.4. The summed E-state index contributed by atoms with van der Waals surface area (Å²) in [4.78, 5) is 72.7. The molecule has 94 heavy (non-hydrogen) atoms. The van der Waals surface area contributed by atoms with Crippen LogP contribution in [0.3, 0.4) is 0 Å². The second-order valence-corrected chi connectivity index (χ2v) is 31.1. The highest BCUT2D eigenvalue weighted by Gasteiger charge is 2.30. The summed E-state index contributed by atoms with van der Waals surface area (Å²) >= 11 is 0. The molecule has 0 saturated heterocycles. The fraction of sp³-hybridized carbons (Fsp3) is 0.947. The zero-order valence-electron chi connectivity index (χ0n) is 61.6. The molecule has 558 valence electrons. The summed E-state index contributed by atoms with van der Waals surface area (Å²) in [5, 5.41) is 10.6. The van der Waals surface area contributed by atoms with E-state index in [0.29, 0.717) is 31.6 Å². The van der Waals surface area contributed by atoms with Gasteiger partial charge in [0.15, 0.2) is 12.2 Å². The molecule has 19 heteroatoms. The molecule has 0 aliphatic rings. The van der Waals surface area contributed by atoms with E-state index in [2.05, 4.69) is 55.4 Å². The van der Waals surface area contributed by atoms with Gasteiger partial charge in [-0.3, -0.25) is 37.3 Å². The number of ether oxygens (including phenoxy) is 4. The summed E-state index contributed by atoms with van der Waals surface area (Å²) in [5.74, 6) is 0.948. The quantitative estimate of drug-likeness (QED) is 0.0222. The lowest BCUT2D eigenvalue weighted by Gasteiger charge is -2.21. The van der Waals surface area contributed by atoms with Gasteiger partial charge in [-0.25, -0.2) is 9.13 Å². The Labute approximate surface area is 575 Å². The summed E-state index contributed by atoms with van der Waals surface area (Å²) < 4.78 is 68.4. The first kappa shape index (κ1) is 92.1. The van der Waals surface area contributed by atoms with Crippen LogP contribution in [0, 0.1) is 23.7 Å². The number of esters is 4. The van der Waals surface area contributed by atoms with E-state index in [9.17, 15) is 43.2 Å². The van der Waals surface area contributed by atoms with Crippen LogP contribution < -0.4 is 0 Å². The number of hydrogen-bond donors (Lipinski definition) is 3. The molecule has 5 unspecified atom stereocenters. The number of carbonyl (C=O) groups is 4. The summed E-state index contributed by atoms with van der Waals surface area (Å²) in [6.07, 6.45) is 48.8. The standard InChI is InChI=1S/C75H146O17P2/c1-9-66(6)52-44-36-28-22-20-18-16-14-12-13-15-17-19-21-23-31-41-49-57-74(79)91-70(61-85-72(77)55-47-39-30-25-24-29-37-45-53-67(7)10-2)63-89-93(81,82)87-59-69(76)60-88-94(83,84)90-64-71(92-75(80)58-50-42-32-26-27-35-43-51-65(4)5)62-86-73(78)56-48-40-34-33-38-46-54-68(8)11-3/h65-71,76H,9-64H2,1-8H3,(H,81,82)(H,83,84)/t66?,67?,68?,69-,70-,71-/m1/s1. The van der Waals surface area contributed by atoms with Crippen LogP contribution in [0.1, 0.15) is 376 Å². The van der Waals surface area contributed by atoms with E-state index in [1.165, 1.54) is 173 Å². The van der Waals surface area contributed by atoms with Crippen LogP contribution in [0.25, 0.3) is 0 Å². The predicted octanol–water partition coefficient (Wildman–Crippen LogP) is 21.7. The van der Waals surface area contributed by atoms with Crippen LogP contribution in [-0.2, 0) is 65.4 Å². The predicted molar refractivity (Wildman–Crippen MR) is 381 cm³/mol. The van der Waals surface area contributed by atoms with E-state index in [0.717, 1.165) is 114 Å². The third-order valence-electron chi connectivity index (χ3n) is 18.4. The summed E-state index contributed by atoms with van der Waals surface area (Å²) in [5.41, 5.74) is 0. The maximum absolute atomic E-state index is 13.1. The molecule has 0 fully saturated rings. The van der Waals surface area contributed by atoms with Gasteiger partial charge >= 0.3 is 39.5 Å². The summed E-state index contributed by atoms with van der Waals surface area (Å²) in [6.45, 7) is 14.1. The van der Waals surface area contributed by atoms with Crippen LogP contribution in [0.15, 0.2) is 0 Å². The molecule has 0 saturated carbocycles. The van der Waals surface area contributed by atoms with Crippen LogP contribution >= 0.6 is 15.6 Å². The van der Waals surface area contributed by atoms with Crippen molar-refractivity contribution in [1.29, 1.82) is 0 Å². The highest BCUT2D eigenvalue weighted by atomic mass is 31.2. The molecule has 0 aromatic carbocycles. The topological polar surface area (TPSA) is 237 Å². The number of aliphatic hydroxyl groups is 1. The van der Waals surface area contributed by atoms with Crippen LogP contribution in [-0.4, -0.2) is 96.7 Å². The molecule has 0 spiro atoms. The Morgan fingerprint density at radius 2 is 0.511 bits per heavy atom. The van der Waals surface area contributed by atoms with Crippen molar-refractivity contribution in [3.8, 4) is 0 Å². The minimum absolute atomic E-state index is 0.102. The van der Waals surface area contributed by atoms with Crippen molar-refractivity contribution in [2.45, 2.75) is 395 Å². The molecule has 0 aliphatic heterocycles. The lowest BCUT2D eigenvalue weighted by atomic mass is 9.99. The summed E-state index contributed by atoms with van der Waals surface area (Å²) in [6, 6.07) is 0. The van der Waals surface area contributed by atoms with E-state index in [-0.39, 0.29) is 25.7 Å². The number of hydrogen-bond acceptors (Lipinski definition) is 15. The molecule has 0 heterocycles. The van der Waals surface area contributed by atoms with Gasteiger partial charge in [-0.2, -0.15) is 0 Å². The van der Waals surface area contributed by atoms with Gasteiger partial charge in [0.25, 0.3) is 0 Å². The molecular weight excluding hydrogens is 1230 g/mol. The highest BCUT2D eigenvalue weighted by Crippen LogP contribution is 2.45. The van der Waals surface area contributed by atoms with Gasteiger partial charge in [0.1, 0.15) is 19.3 Å². The molecule has 0 bridgehead atoms. The monoisotopic (exact) mass is 1380 g/mol. The third-order valence-corrected chi connectivity index (χ3v) is 20.3. The molecule has 0 radical (unpaired) electrons.